The smallest absolute Gasteiger partial charge is 0.278 e. The van der Waals surface area contributed by atoms with Gasteiger partial charge in [-0.2, -0.15) is 10.1 Å². The van der Waals surface area contributed by atoms with Crippen LogP contribution in [0, 0.1) is 5.92 Å². The van der Waals surface area contributed by atoms with Crippen LogP contribution in [0.15, 0.2) is 4.52 Å². The molecule has 5 rings (SSSR count). The molecular formula is C16H19N5O2. The number of aryl methyl sites for hydroxylation is 1. The van der Waals surface area contributed by atoms with Crippen molar-refractivity contribution in [1.82, 2.24) is 24.8 Å². The number of carbonyl (C=O) groups excluding carboxylic acids is 1. The van der Waals surface area contributed by atoms with Crippen LogP contribution in [0.1, 0.15) is 55.1 Å². The number of nitrogens with zero attached hydrogens (tertiary/aromatic N) is 5. The minimum absolute atomic E-state index is 0.249. The quantitative estimate of drug-likeness (QED) is 0.862. The monoisotopic (exact) mass is 313 g/mol. The Kier molecular flexibility index (Phi) is 2.69. The highest BCUT2D eigenvalue weighted by atomic mass is 16.5. The summed E-state index contributed by atoms with van der Waals surface area (Å²) in [7, 11) is 1.91. The number of hydrogen-bond acceptors (Lipinski definition) is 5. The predicted octanol–water partition coefficient (Wildman–Crippen LogP) is 1.99. The maximum atomic E-state index is 12.4. The zero-order valence-electron chi connectivity index (χ0n) is 13.2. The summed E-state index contributed by atoms with van der Waals surface area (Å²) >= 11 is 0. The summed E-state index contributed by atoms with van der Waals surface area (Å²) in [6.07, 6.45) is 5.37. The van der Waals surface area contributed by atoms with E-state index >= 15 is 0 Å². The Morgan fingerprint density at radius 2 is 2.09 bits per heavy atom. The summed E-state index contributed by atoms with van der Waals surface area (Å²) in [6.45, 7) is 1.24. The summed E-state index contributed by atoms with van der Waals surface area (Å²) in [5, 5.41) is 8.62. The summed E-state index contributed by atoms with van der Waals surface area (Å²) in [5.41, 5.74) is 2.88. The lowest BCUT2D eigenvalue weighted by atomic mass is 10.2. The molecule has 3 heterocycles. The van der Waals surface area contributed by atoms with Crippen LogP contribution >= 0.6 is 0 Å². The fourth-order valence-corrected chi connectivity index (χ4v) is 3.28. The van der Waals surface area contributed by atoms with Gasteiger partial charge in [-0.15, -0.1) is 0 Å². The highest BCUT2D eigenvalue weighted by Crippen LogP contribution is 2.40. The normalized spacial score (nSPS) is 20.1. The first-order valence-corrected chi connectivity index (χ1v) is 8.35. The van der Waals surface area contributed by atoms with Crippen molar-refractivity contribution >= 4 is 5.91 Å². The van der Waals surface area contributed by atoms with Crippen LogP contribution in [-0.4, -0.2) is 30.7 Å². The van der Waals surface area contributed by atoms with Crippen LogP contribution in [0.3, 0.4) is 0 Å². The molecule has 23 heavy (non-hydrogen) atoms. The zero-order chi connectivity index (χ0) is 15.6. The van der Waals surface area contributed by atoms with E-state index in [1.54, 1.807) is 0 Å². The SMILES string of the molecule is Cn1nc(-c2nc(C3CC3)no2)c2c1CN(C(=O)CC1CC1)C2. The third kappa shape index (κ3) is 2.26. The molecule has 7 heteroatoms. The van der Waals surface area contributed by atoms with Gasteiger partial charge in [-0.05, 0) is 31.6 Å². The number of fused-ring (bicyclic) bond motifs is 1. The molecule has 2 aliphatic carbocycles. The molecule has 2 aromatic rings. The molecule has 0 saturated heterocycles. The lowest BCUT2D eigenvalue weighted by molar-refractivity contribution is -0.132. The van der Waals surface area contributed by atoms with Gasteiger partial charge in [0, 0.05) is 24.9 Å². The molecule has 2 saturated carbocycles. The molecule has 0 radical (unpaired) electrons. The molecule has 1 aliphatic heterocycles. The fraction of sp³-hybridized carbons (Fsp3) is 0.625. The summed E-state index contributed by atoms with van der Waals surface area (Å²) < 4.78 is 7.26. The van der Waals surface area contributed by atoms with Crippen molar-refractivity contribution in [3.05, 3.63) is 17.1 Å². The van der Waals surface area contributed by atoms with Crippen molar-refractivity contribution in [1.29, 1.82) is 0 Å². The van der Waals surface area contributed by atoms with Gasteiger partial charge in [-0.1, -0.05) is 5.16 Å². The average Bonchev–Trinajstić information content (AvgIpc) is 3.42. The van der Waals surface area contributed by atoms with Crippen molar-refractivity contribution in [2.75, 3.05) is 0 Å². The molecule has 0 unspecified atom stereocenters. The molecule has 0 spiro atoms. The van der Waals surface area contributed by atoms with Crippen molar-refractivity contribution in [2.24, 2.45) is 13.0 Å². The minimum atomic E-state index is 0.249. The first kappa shape index (κ1) is 13.3. The van der Waals surface area contributed by atoms with E-state index in [0.29, 0.717) is 37.2 Å². The lowest BCUT2D eigenvalue weighted by Gasteiger charge is -2.15. The number of amides is 1. The van der Waals surface area contributed by atoms with Gasteiger partial charge in [-0.25, -0.2) is 0 Å². The largest absolute Gasteiger partial charge is 0.332 e. The van der Waals surface area contributed by atoms with Crippen LogP contribution in [0.4, 0.5) is 0 Å². The molecule has 120 valence electrons. The first-order valence-electron chi connectivity index (χ1n) is 8.35. The molecule has 0 bridgehead atoms. The Morgan fingerprint density at radius 3 is 2.83 bits per heavy atom. The van der Waals surface area contributed by atoms with Crippen LogP contribution in [0.5, 0.6) is 0 Å². The Balaban J connectivity index is 1.42. The van der Waals surface area contributed by atoms with Gasteiger partial charge in [-0.3, -0.25) is 9.48 Å². The van der Waals surface area contributed by atoms with E-state index in [4.69, 9.17) is 4.52 Å². The van der Waals surface area contributed by atoms with E-state index in [9.17, 15) is 4.79 Å². The van der Waals surface area contributed by atoms with E-state index < -0.39 is 0 Å². The molecule has 0 atom stereocenters. The highest BCUT2D eigenvalue weighted by Gasteiger charge is 2.35. The topological polar surface area (TPSA) is 77.1 Å². The van der Waals surface area contributed by atoms with Gasteiger partial charge in [0.05, 0.1) is 18.8 Å². The molecule has 1 amide bonds. The number of rotatable bonds is 4. The molecule has 2 fully saturated rings. The molecular weight excluding hydrogens is 294 g/mol. The van der Waals surface area contributed by atoms with Crippen LogP contribution < -0.4 is 0 Å². The van der Waals surface area contributed by atoms with Crippen molar-refractivity contribution in [3.63, 3.8) is 0 Å². The predicted molar refractivity (Wildman–Crippen MR) is 80.1 cm³/mol. The molecule has 3 aliphatic rings. The van der Waals surface area contributed by atoms with Gasteiger partial charge in [0.1, 0.15) is 0 Å². The summed E-state index contributed by atoms with van der Waals surface area (Å²) in [4.78, 5) is 18.8. The highest BCUT2D eigenvalue weighted by molar-refractivity contribution is 5.78. The molecule has 2 aromatic heterocycles. The van der Waals surface area contributed by atoms with Crippen LogP contribution in [0.2, 0.25) is 0 Å². The fourth-order valence-electron chi connectivity index (χ4n) is 3.28. The Morgan fingerprint density at radius 1 is 1.26 bits per heavy atom. The second kappa shape index (κ2) is 4.66. The van der Waals surface area contributed by atoms with Gasteiger partial charge in [0.15, 0.2) is 11.5 Å². The Bertz CT molecular complexity index is 784. The number of aromatic nitrogens is 4. The second-order valence-electron chi connectivity index (χ2n) is 7.03. The van der Waals surface area contributed by atoms with Crippen molar-refractivity contribution in [2.45, 2.75) is 51.1 Å². The zero-order valence-corrected chi connectivity index (χ0v) is 13.2. The van der Waals surface area contributed by atoms with Crippen LogP contribution in [-0.2, 0) is 24.9 Å². The van der Waals surface area contributed by atoms with Gasteiger partial charge >= 0.3 is 0 Å². The van der Waals surface area contributed by atoms with E-state index in [1.165, 1.54) is 12.8 Å². The van der Waals surface area contributed by atoms with Crippen molar-refractivity contribution in [3.8, 4) is 11.6 Å². The van der Waals surface area contributed by atoms with E-state index in [-0.39, 0.29) is 5.91 Å². The molecule has 0 N–H and O–H groups in total. The van der Waals surface area contributed by atoms with E-state index in [1.807, 2.05) is 16.6 Å². The Hall–Kier alpha value is -2.18. The van der Waals surface area contributed by atoms with Crippen molar-refractivity contribution < 1.29 is 9.32 Å². The molecule has 7 nitrogen and oxygen atoms in total. The van der Waals surface area contributed by atoms with E-state index in [0.717, 1.165) is 35.6 Å². The van der Waals surface area contributed by atoms with Gasteiger partial charge in [0.2, 0.25) is 5.91 Å². The molecule has 0 aromatic carbocycles. The summed E-state index contributed by atoms with van der Waals surface area (Å²) in [5.74, 6) is 2.60. The first-order chi connectivity index (χ1) is 11.2. The Labute approximate surface area is 133 Å². The third-order valence-electron chi connectivity index (χ3n) is 5.06. The van der Waals surface area contributed by atoms with E-state index in [2.05, 4.69) is 15.2 Å². The van der Waals surface area contributed by atoms with Crippen LogP contribution in [0.25, 0.3) is 11.6 Å². The number of carbonyl (C=O) groups is 1. The van der Waals surface area contributed by atoms with Gasteiger partial charge in [0.25, 0.3) is 5.89 Å². The third-order valence-corrected chi connectivity index (χ3v) is 5.06. The second-order valence-corrected chi connectivity index (χ2v) is 7.03. The maximum Gasteiger partial charge on any atom is 0.278 e. The maximum absolute atomic E-state index is 12.4. The van der Waals surface area contributed by atoms with Gasteiger partial charge < -0.3 is 9.42 Å². The number of hydrogen-bond donors (Lipinski definition) is 0. The lowest BCUT2D eigenvalue weighted by Crippen LogP contribution is -2.26. The minimum Gasteiger partial charge on any atom is -0.332 e. The summed E-state index contributed by atoms with van der Waals surface area (Å²) in [6, 6.07) is 0. The standard InChI is InChI=1S/C16H19N5O2/c1-20-12-8-21(13(22)6-9-2-3-9)7-11(12)14(18-20)16-17-15(19-23-16)10-4-5-10/h9-10H,2-8H2,1H3. The average molecular weight is 313 g/mol.